The van der Waals surface area contributed by atoms with E-state index in [-0.39, 0.29) is 42.8 Å². The normalized spacial score (nSPS) is 10.4. The minimum absolute atomic E-state index is 0.0487. The fourth-order valence-corrected chi connectivity index (χ4v) is 3.80. The van der Waals surface area contributed by atoms with Gasteiger partial charge in [-0.15, -0.1) is 5.01 Å². The molecular weight excluding hydrogens is 537 g/mol. The van der Waals surface area contributed by atoms with Crippen LogP contribution in [-0.2, 0) is 9.47 Å². The van der Waals surface area contributed by atoms with Gasteiger partial charge < -0.3 is 14.8 Å². The Morgan fingerprint density at radius 1 is 0.972 bits per heavy atom. The van der Waals surface area contributed by atoms with Crippen LogP contribution in [0.25, 0.3) is 5.82 Å². The minimum Gasteiger partial charge on any atom is -0.451 e. The second kappa shape index (κ2) is 11.3. The standard InChI is InChI=1S/C22H18Cl3N5O6/c1-11-7-12(23)8-14(19(31)28-30(21(33)35-2)22(34)36-3)17(11)27-20(32)16-9-13(24)10-29(16)18-15(25)5-4-6-26-18/h4-10H,1-3H3,(H,27,32)(H,28,31). The van der Waals surface area contributed by atoms with Crippen molar-refractivity contribution in [2.45, 2.75) is 6.92 Å². The van der Waals surface area contributed by atoms with Crippen LogP contribution in [0, 0.1) is 6.92 Å². The first-order chi connectivity index (χ1) is 17.1. The van der Waals surface area contributed by atoms with E-state index >= 15 is 0 Å². The Kier molecular flexibility index (Phi) is 8.41. The molecule has 0 saturated carbocycles. The van der Waals surface area contributed by atoms with E-state index in [9.17, 15) is 19.2 Å². The number of carbonyl (C=O) groups is 4. The number of amides is 4. The molecule has 0 aliphatic carbocycles. The Labute approximate surface area is 219 Å². The molecule has 0 radical (unpaired) electrons. The van der Waals surface area contributed by atoms with Crippen molar-refractivity contribution in [3.8, 4) is 5.82 Å². The highest BCUT2D eigenvalue weighted by Crippen LogP contribution is 2.28. The molecule has 2 N–H and O–H groups in total. The maximum Gasteiger partial charge on any atom is 0.438 e. The number of nitrogens with one attached hydrogen (secondary N) is 2. The van der Waals surface area contributed by atoms with Gasteiger partial charge >= 0.3 is 12.2 Å². The van der Waals surface area contributed by atoms with Crippen LogP contribution in [-0.4, -0.2) is 52.8 Å². The second-order valence-electron chi connectivity index (χ2n) is 7.04. The zero-order chi connectivity index (χ0) is 26.6. The minimum atomic E-state index is -1.21. The summed E-state index contributed by atoms with van der Waals surface area (Å²) in [6, 6.07) is 7.37. The number of hydrogen-bond acceptors (Lipinski definition) is 7. The first kappa shape index (κ1) is 26.8. The van der Waals surface area contributed by atoms with Crippen molar-refractivity contribution in [1.29, 1.82) is 0 Å². The molecule has 0 saturated heterocycles. The Bertz CT molecular complexity index is 1340. The molecule has 0 unspecified atom stereocenters. The number of rotatable bonds is 4. The Balaban J connectivity index is 2.00. The van der Waals surface area contributed by atoms with Crippen LogP contribution in [0.4, 0.5) is 15.3 Å². The number of anilines is 1. The number of hydrogen-bond donors (Lipinski definition) is 2. The fourth-order valence-electron chi connectivity index (χ4n) is 3.11. The van der Waals surface area contributed by atoms with E-state index < -0.39 is 24.0 Å². The monoisotopic (exact) mass is 553 g/mol. The molecule has 2 heterocycles. The SMILES string of the molecule is COC(=O)N(NC(=O)c1cc(Cl)cc(C)c1NC(=O)c1cc(Cl)cn1-c1ncccc1Cl)C(=O)OC. The van der Waals surface area contributed by atoms with Crippen molar-refractivity contribution >= 4 is 64.5 Å². The largest absolute Gasteiger partial charge is 0.451 e. The molecule has 0 aliphatic heterocycles. The summed E-state index contributed by atoms with van der Waals surface area (Å²) in [5.41, 5.74) is 2.43. The van der Waals surface area contributed by atoms with Gasteiger partial charge in [0.05, 0.1) is 35.5 Å². The molecular formula is C22H18Cl3N5O6. The molecule has 36 heavy (non-hydrogen) atoms. The van der Waals surface area contributed by atoms with Gasteiger partial charge in [-0.25, -0.2) is 20.0 Å². The number of aromatic nitrogens is 2. The maximum atomic E-state index is 13.3. The van der Waals surface area contributed by atoms with Crippen molar-refractivity contribution < 1.29 is 28.7 Å². The number of imide groups is 1. The average molecular weight is 555 g/mol. The number of pyridine rings is 1. The van der Waals surface area contributed by atoms with Crippen LogP contribution >= 0.6 is 34.8 Å². The van der Waals surface area contributed by atoms with Crippen molar-refractivity contribution in [3.63, 3.8) is 0 Å². The number of hydrazine groups is 1. The van der Waals surface area contributed by atoms with Gasteiger partial charge in [0.1, 0.15) is 5.69 Å². The van der Waals surface area contributed by atoms with Gasteiger partial charge in [0, 0.05) is 17.4 Å². The second-order valence-corrected chi connectivity index (χ2v) is 8.32. The molecule has 11 nitrogen and oxygen atoms in total. The summed E-state index contributed by atoms with van der Waals surface area (Å²) in [7, 11) is 2.02. The number of methoxy groups -OCH3 is 2. The van der Waals surface area contributed by atoms with Crippen LogP contribution < -0.4 is 10.7 Å². The third-order valence-corrected chi connectivity index (χ3v) is 5.42. The number of nitrogens with zero attached hydrogens (tertiary/aromatic N) is 3. The quantitative estimate of drug-likeness (QED) is 0.440. The van der Waals surface area contributed by atoms with Gasteiger partial charge in [-0.2, -0.15) is 0 Å². The molecule has 14 heteroatoms. The zero-order valence-corrected chi connectivity index (χ0v) is 21.2. The van der Waals surface area contributed by atoms with Crippen LogP contribution in [0.3, 0.4) is 0 Å². The summed E-state index contributed by atoms with van der Waals surface area (Å²) in [5.74, 6) is -1.37. The smallest absolute Gasteiger partial charge is 0.438 e. The molecule has 3 aromatic rings. The summed E-state index contributed by atoms with van der Waals surface area (Å²) in [6.07, 6.45) is 0.535. The summed E-state index contributed by atoms with van der Waals surface area (Å²) >= 11 is 18.5. The molecule has 4 amide bonds. The number of halogens is 3. The van der Waals surface area contributed by atoms with Gasteiger partial charge in [0.2, 0.25) is 0 Å². The lowest BCUT2D eigenvalue weighted by atomic mass is 10.1. The number of aryl methyl sites for hydroxylation is 1. The molecule has 2 aromatic heterocycles. The topological polar surface area (TPSA) is 132 Å². The van der Waals surface area contributed by atoms with Crippen LogP contribution in [0.2, 0.25) is 15.1 Å². The first-order valence-corrected chi connectivity index (χ1v) is 11.1. The molecule has 0 spiro atoms. The highest BCUT2D eigenvalue weighted by molar-refractivity contribution is 6.33. The molecule has 0 aliphatic rings. The maximum absolute atomic E-state index is 13.3. The summed E-state index contributed by atoms with van der Waals surface area (Å²) in [4.78, 5) is 54.4. The van der Waals surface area contributed by atoms with E-state index in [1.165, 1.54) is 35.2 Å². The summed E-state index contributed by atoms with van der Waals surface area (Å²) in [6.45, 7) is 1.60. The molecule has 0 bridgehead atoms. The third kappa shape index (κ3) is 5.70. The van der Waals surface area contributed by atoms with E-state index in [0.29, 0.717) is 5.56 Å². The van der Waals surface area contributed by atoms with Crippen molar-refractivity contribution in [3.05, 3.63) is 74.6 Å². The number of ether oxygens (including phenoxy) is 2. The first-order valence-electron chi connectivity index (χ1n) is 9.94. The van der Waals surface area contributed by atoms with E-state index in [1.807, 2.05) is 0 Å². The lowest BCUT2D eigenvalue weighted by molar-refractivity contribution is 0.0636. The molecule has 188 valence electrons. The van der Waals surface area contributed by atoms with Gasteiger partial charge in [0.25, 0.3) is 11.8 Å². The summed E-state index contributed by atoms with van der Waals surface area (Å²) < 4.78 is 10.4. The summed E-state index contributed by atoms with van der Waals surface area (Å²) in [5, 5.41) is 3.53. The molecule has 1 aromatic carbocycles. The van der Waals surface area contributed by atoms with E-state index in [1.54, 1.807) is 19.1 Å². The van der Waals surface area contributed by atoms with Crippen LogP contribution in [0.5, 0.6) is 0 Å². The van der Waals surface area contributed by atoms with Gasteiger partial charge in [-0.1, -0.05) is 34.8 Å². The van der Waals surface area contributed by atoms with Crippen molar-refractivity contribution in [2.24, 2.45) is 0 Å². The lowest BCUT2D eigenvalue weighted by Crippen LogP contribution is -2.50. The molecule has 0 atom stereocenters. The van der Waals surface area contributed by atoms with Gasteiger partial charge in [0.15, 0.2) is 5.82 Å². The average Bonchev–Trinajstić information content (AvgIpc) is 3.24. The van der Waals surface area contributed by atoms with Gasteiger partial charge in [-0.05, 0) is 42.8 Å². The van der Waals surface area contributed by atoms with E-state index in [0.717, 1.165) is 14.2 Å². The third-order valence-electron chi connectivity index (χ3n) is 4.70. The lowest BCUT2D eigenvalue weighted by Gasteiger charge is -2.20. The number of benzene rings is 1. The predicted molar refractivity (Wildman–Crippen MR) is 132 cm³/mol. The zero-order valence-electron chi connectivity index (χ0n) is 19.0. The van der Waals surface area contributed by atoms with Gasteiger partial charge in [-0.3, -0.25) is 14.2 Å². The number of carbonyl (C=O) groups excluding carboxylic acids is 4. The van der Waals surface area contributed by atoms with Crippen LogP contribution in [0.15, 0.2) is 42.7 Å². The Hall–Kier alpha value is -3.80. The Morgan fingerprint density at radius 2 is 1.64 bits per heavy atom. The fraction of sp³-hybridized carbons (Fsp3) is 0.136. The highest BCUT2D eigenvalue weighted by Gasteiger charge is 2.28. The van der Waals surface area contributed by atoms with Crippen LogP contribution in [0.1, 0.15) is 26.4 Å². The van der Waals surface area contributed by atoms with E-state index in [4.69, 9.17) is 34.8 Å². The van der Waals surface area contributed by atoms with Crippen molar-refractivity contribution in [1.82, 2.24) is 20.0 Å². The molecule has 3 rings (SSSR count). The predicted octanol–water partition coefficient (Wildman–Crippen LogP) is 4.87. The Morgan fingerprint density at radius 3 is 2.25 bits per heavy atom. The highest BCUT2D eigenvalue weighted by atomic mass is 35.5. The molecule has 0 fully saturated rings. The van der Waals surface area contributed by atoms with Crippen molar-refractivity contribution in [2.75, 3.05) is 19.5 Å². The van der Waals surface area contributed by atoms with E-state index in [2.05, 4.69) is 25.2 Å².